The van der Waals surface area contributed by atoms with E-state index in [1.807, 2.05) is 0 Å². The van der Waals surface area contributed by atoms with Crippen LogP contribution in [0.4, 0.5) is 0 Å². The van der Waals surface area contributed by atoms with E-state index in [0.717, 1.165) is 13.1 Å². The maximum absolute atomic E-state index is 9.16. The fraction of sp³-hybridized carbons (Fsp3) is 1.00. The Hall–Kier alpha value is -0.120. The third-order valence-electron chi connectivity index (χ3n) is 3.22. The normalized spacial score (nSPS) is 28.6. The molecule has 0 aromatic heterocycles. The molecule has 1 N–H and O–H groups in total. The van der Waals surface area contributed by atoms with E-state index in [1.165, 1.54) is 13.1 Å². The predicted octanol–water partition coefficient (Wildman–Crippen LogP) is 0.146. The fourth-order valence-corrected chi connectivity index (χ4v) is 2.02. The summed E-state index contributed by atoms with van der Waals surface area (Å²) in [6.45, 7) is 10.9. The van der Waals surface area contributed by atoms with Crippen LogP contribution < -0.4 is 0 Å². The minimum Gasteiger partial charge on any atom is -0.390 e. The van der Waals surface area contributed by atoms with Gasteiger partial charge in [-0.2, -0.15) is 0 Å². The summed E-state index contributed by atoms with van der Waals surface area (Å²) < 4.78 is 0. The smallest absolute Gasteiger partial charge is 0.0794 e. The van der Waals surface area contributed by atoms with Gasteiger partial charge in [0.05, 0.1) is 6.10 Å². The molecule has 3 nitrogen and oxygen atoms in total. The minimum absolute atomic E-state index is 0.0521. The number of hydrogen-bond acceptors (Lipinski definition) is 3. The Bertz CT molecular complexity index is 188. The summed E-state index contributed by atoms with van der Waals surface area (Å²) in [6, 6.07) is 0.711. The second-order valence-corrected chi connectivity index (χ2v) is 5.34. The van der Waals surface area contributed by atoms with Gasteiger partial charge in [-0.05, 0) is 20.8 Å². The Labute approximate surface area is 80.3 Å². The van der Waals surface area contributed by atoms with E-state index in [-0.39, 0.29) is 6.10 Å². The summed E-state index contributed by atoms with van der Waals surface area (Å²) in [6.07, 6.45) is -0.0521. The van der Waals surface area contributed by atoms with Gasteiger partial charge in [-0.15, -0.1) is 0 Å². The van der Waals surface area contributed by atoms with E-state index in [4.69, 9.17) is 5.11 Å². The van der Waals surface area contributed by atoms with E-state index in [0.29, 0.717) is 11.6 Å². The molecule has 0 amide bonds. The third kappa shape index (κ3) is 1.73. The van der Waals surface area contributed by atoms with Gasteiger partial charge >= 0.3 is 0 Å². The zero-order chi connectivity index (χ0) is 9.64. The largest absolute Gasteiger partial charge is 0.390 e. The molecule has 0 atom stereocenters. The maximum Gasteiger partial charge on any atom is 0.0794 e. The van der Waals surface area contributed by atoms with Gasteiger partial charge in [-0.3, -0.25) is 9.80 Å². The van der Waals surface area contributed by atoms with Gasteiger partial charge in [0.1, 0.15) is 0 Å². The van der Waals surface area contributed by atoms with Crippen LogP contribution in [0.1, 0.15) is 20.8 Å². The van der Waals surface area contributed by atoms with E-state index in [2.05, 4.69) is 30.6 Å². The van der Waals surface area contributed by atoms with Gasteiger partial charge in [0, 0.05) is 37.8 Å². The Morgan fingerprint density at radius 3 is 2.00 bits per heavy atom. The fourth-order valence-electron chi connectivity index (χ4n) is 2.02. The third-order valence-corrected chi connectivity index (χ3v) is 3.22. The molecule has 0 bridgehead atoms. The molecule has 0 radical (unpaired) electrons. The molecular formula is C10H20N2O. The van der Waals surface area contributed by atoms with Crippen LogP contribution in [0.3, 0.4) is 0 Å². The van der Waals surface area contributed by atoms with Crippen LogP contribution in [0, 0.1) is 0 Å². The Balaban J connectivity index is 1.73. The van der Waals surface area contributed by atoms with Crippen molar-refractivity contribution in [2.45, 2.75) is 38.5 Å². The van der Waals surface area contributed by atoms with Gasteiger partial charge in [-0.25, -0.2) is 0 Å². The lowest BCUT2D eigenvalue weighted by atomic mass is 9.94. The number of rotatable bonds is 1. The predicted molar refractivity (Wildman–Crippen MR) is 52.7 cm³/mol. The summed E-state index contributed by atoms with van der Waals surface area (Å²) in [5, 5.41) is 9.16. The quantitative estimate of drug-likeness (QED) is 0.628. The highest BCUT2D eigenvalue weighted by Crippen LogP contribution is 2.26. The molecule has 2 saturated heterocycles. The number of aliphatic hydroxyl groups is 1. The van der Waals surface area contributed by atoms with Crippen molar-refractivity contribution in [1.29, 1.82) is 0 Å². The van der Waals surface area contributed by atoms with Crippen LogP contribution in [0.25, 0.3) is 0 Å². The molecule has 2 aliphatic heterocycles. The molecule has 0 aromatic rings. The summed E-state index contributed by atoms with van der Waals surface area (Å²) in [5.74, 6) is 0. The van der Waals surface area contributed by atoms with Gasteiger partial charge < -0.3 is 5.11 Å². The van der Waals surface area contributed by atoms with Crippen molar-refractivity contribution in [2.24, 2.45) is 0 Å². The van der Waals surface area contributed by atoms with Crippen LogP contribution >= 0.6 is 0 Å². The molecule has 0 aliphatic carbocycles. The SMILES string of the molecule is CC(C)(C)N1CC(N2CC(O)C2)C1. The second-order valence-electron chi connectivity index (χ2n) is 5.34. The summed E-state index contributed by atoms with van der Waals surface area (Å²) in [4.78, 5) is 4.87. The lowest BCUT2D eigenvalue weighted by Gasteiger charge is -2.54. The topological polar surface area (TPSA) is 26.7 Å². The van der Waals surface area contributed by atoms with Gasteiger partial charge in [0.15, 0.2) is 0 Å². The highest BCUT2D eigenvalue weighted by atomic mass is 16.3. The summed E-state index contributed by atoms with van der Waals surface area (Å²) in [5.41, 5.74) is 0.319. The molecule has 2 aliphatic rings. The molecule has 2 heterocycles. The lowest BCUT2D eigenvalue weighted by molar-refractivity contribution is -0.0911. The minimum atomic E-state index is -0.0521. The Morgan fingerprint density at radius 1 is 1.08 bits per heavy atom. The second kappa shape index (κ2) is 2.94. The number of hydrogen-bond donors (Lipinski definition) is 1. The van der Waals surface area contributed by atoms with Gasteiger partial charge in [0.25, 0.3) is 0 Å². The van der Waals surface area contributed by atoms with E-state index in [9.17, 15) is 0 Å². The van der Waals surface area contributed by atoms with Crippen molar-refractivity contribution in [3.63, 3.8) is 0 Å². The highest BCUT2D eigenvalue weighted by molar-refractivity contribution is 4.97. The van der Waals surface area contributed by atoms with Gasteiger partial charge in [-0.1, -0.05) is 0 Å². The van der Waals surface area contributed by atoms with Crippen LogP contribution in [0.15, 0.2) is 0 Å². The standard InChI is InChI=1S/C10H20N2O/c1-10(2,3)12-4-8(5-12)11-6-9(13)7-11/h8-9,13H,4-7H2,1-3H3. The average molecular weight is 184 g/mol. The molecule has 0 saturated carbocycles. The van der Waals surface area contributed by atoms with Crippen molar-refractivity contribution in [3.8, 4) is 0 Å². The first kappa shape index (κ1) is 9.44. The zero-order valence-corrected chi connectivity index (χ0v) is 8.82. The number of likely N-dealkylation sites (tertiary alicyclic amines) is 2. The van der Waals surface area contributed by atoms with E-state index >= 15 is 0 Å². The first-order chi connectivity index (χ1) is 5.97. The molecule has 2 rings (SSSR count). The van der Waals surface area contributed by atoms with E-state index < -0.39 is 0 Å². The van der Waals surface area contributed by atoms with Crippen molar-refractivity contribution >= 4 is 0 Å². The molecule has 2 fully saturated rings. The molecule has 3 heteroatoms. The summed E-state index contributed by atoms with van der Waals surface area (Å²) >= 11 is 0. The Kier molecular flexibility index (Phi) is 2.13. The number of nitrogens with zero attached hydrogens (tertiary/aromatic N) is 2. The Morgan fingerprint density at radius 2 is 1.62 bits per heavy atom. The van der Waals surface area contributed by atoms with Gasteiger partial charge in [0.2, 0.25) is 0 Å². The van der Waals surface area contributed by atoms with Crippen molar-refractivity contribution in [2.75, 3.05) is 26.2 Å². The number of β-amino-alcohol motifs (C(OH)–C–C–N with tert-alkyl or cyclic N) is 1. The van der Waals surface area contributed by atoms with Crippen LogP contribution in [0.5, 0.6) is 0 Å². The molecule has 13 heavy (non-hydrogen) atoms. The van der Waals surface area contributed by atoms with Crippen molar-refractivity contribution < 1.29 is 5.11 Å². The van der Waals surface area contributed by atoms with Crippen LogP contribution in [0.2, 0.25) is 0 Å². The molecule has 0 unspecified atom stereocenters. The van der Waals surface area contributed by atoms with Crippen LogP contribution in [-0.2, 0) is 0 Å². The van der Waals surface area contributed by atoms with E-state index in [1.54, 1.807) is 0 Å². The molecule has 0 aromatic carbocycles. The van der Waals surface area contributed by atoms with Crippen molar-refractivity contribution in [1.82, 2.24) is 9.80 Å². The molecule has 76 valence electrons. The zero-order valence-electron chi connectivity index (χ0n) is 8.82. The maximum atomic E-state index is 9.16. The monoisotopic (exact) mass is 184 g/mol. The number of aliphatic hydroxyl groups excluding tert-OH is 1. The average Bonchev–Trinajstić information content (AvgIpc) is 1.76. The molecule has 0 spiro atoms. The van der Waals surface area contributed by atoms with Crippen LogP contribution in [-0.4, -0.2) is 58.8 Å². The summed E-state index contributed by atoms with van der Waals surface area (Å²) in [7, 11) is 0. The molecular weight excluding hydrogens is 164 g/mol. The first-order valence-electron chi connectivity index (χ1n) is 5.14. The highest BCUT2D eigenvalue weighted by Gasteiger charge is 2.41. The first-order valence-corrected chi connectivity index (χ1v) is 5.14. The van der Waals surface area contributed by atoms with Crippen molar-refractivity contribution in [3.05, 3.63) is 0 Å². The lowest BCUT2D eigenvalue weighted by Crippen LogP contribution is -2.69.